The summed E-state index contributed by atoms with van der Waals surface area (Å²) in [5.41, 5.74) is 0.799. The molecule has 0 bridgehead atoms. The molecule has 0 aromatic heterocycles. The molecule has 1 atom stereocenters. The van der Waals surface area contributed by atoms with Crippen LogP contribution in [-0.2, 0) is 0 Å². The molecule has 0 aliphatic rings. The first-order valence-corrected chi connectivity index (χ1v) is 5.43. The van der Waals surface area contributed by atoms with Crippen molar-refractivity contribution >= 4 is 0 Å². The molecule has 1 aromatic rings. The van der Waals surface area contributed by atoms with Gasteiger partial charge in [0.2, 0.25) is 0 Å². The van der Waals surface area contributed by atoms with Gasteiger partial charge in [0.15, 0.2) is 0 Å². The zero-order valence-electron chi connectivity index (χ0n) is 9.88. The van der Waals surface area contributed by atoms with Crippen LogP contribution in [-0.4, -0.2) is 7.11 Å². The molecule has 1 rings (SSSR count). The zero-order chi connectivity index (χ0) is 11.4. The van der Waals surface area contributed by atoms with Crippen LogP contribution in [0.2, 0.25) is 0 Å². The normalized spacial score (nSPS) is 12.9. The number of halogens is 1. The van der Waals surface area contributed by atoms with Crippen LogP contribution in [0, 0.1) is 11.7 Å². The highest BCUT2D eigenvalue weighted by Crippen LogP contribution is 2.31. The van der Waals surface area contributed by atoms with Gasteiger partial charge in [-0.1, -0.05) is 26.8 Å². The van der Waals surface area contributed by atoms with Crippen molar-refractivity contribution in [3.05, 3.63) is 29.6 Å². The minimum Gasteiger partial charge on any atom is -0.497 e. The summed E-state index contributed by atoms with van der Waals surface area (Å²) >= 11 is 0. The molecule has 0 N–H and O–H groups in total. The lowest BCUT2D eigenvalue weighted by atomic mass is 9.86. The Bertz CT molecular complexity index is 320. The summed E-state index contributed by atoms with van der Waals surface area (Å²) in [6, 6.07) is 5.12. The van der Waals surface area contributed by atoms with Crippen LogP contribution < -0.4 is 4.74 Å². The quantitative estimate of drug-likeness (QED) is 0.730. The lowest BCUT2D eigenvalue weighted by Crippen LogP contribution is -2.07. The van der Waals surface area contributed by atoms with Crippen molar-refractivity contribution in [3.63, 3.8) is 0 Å². The fraction of sp³-hybridized carbons (Fsp3) is 0.538. The number of hydrogen-bond donors (Lipinski definition) is 0. The van der Waals surface area contributed by atoms with E-state index in [1.165, 1.54) is 6.07 Å². The van der Waals surface area contributed by atoms with Gasteiger partial charge in [0, 0.05) is 6.07 Å². The predicted octanol–water partition coefficient (Wildman–Crippen LogP) is 3.98. The molecule has 0 saturated carbocycles. The molecule has 1 nitrogen and oxygen atoms in total. The van der Waals surface area contributed by atoms with Crippen LogP contribution >= 0.6 is 0 Å². The van der Waals surface area contributed by atoms with Gasteiger partial charge in [-0.2, -0.15) is 0 Å². The van der Waals surface area contributed by atoms with Gasteiger partial charge >= 0.3 is 0 Å². The van der Waals surface area contributed by atoms with Gasteiger partial charge in [-0.3, -0.25) is 0 Å². The molecule has 1 aromatic carbocycles. The lowest BCUT2D eigenvalue weighted by molar-refractivity contribution is 0.407. The molecular weight excluding hydrogens is 191 g/mol. The van der Waals surface area contributed by atoms with E-state index >= 15 is 0 Å². The highest BCUT2D eigenvalue weighted by molar-refractivity contribution is 5.31. The van der Waals surface area contributed by atoms with Crippen molar-refractivity contribution < 1.29 is 9.13 Å². The Morgan fingerprint density at radius 1 is 1.33 bits per heavy atom. The SMILES string of the molecule is CC[C@@H](c1ccc(OC)cc1F)C(C)C. The van der Waals surface area contributed by atoms with Crippen LogP contribution in [0.3, 0.4) is 0 Å². The van der Waals surface area contributed by atoms with E-state index < -0.39 is 0 Å². The van der Waals surface area contributed by atoms with E-state index in [-0.39, 0.29) is 11.7 Å². The molecule has 2 heteroatoms. The molecule has 0 amide bonds. The summed E-state index contributed by atoms with van der Waals surface area (Å²) in [7, 11) is 1.55. The Labute approximate surface area is 91.3 Å². The second kappa shape index (κ2) is 5.15. The molecule has 0 fully saturated rings. The Hall–Kier alpha value is -1.05. The molecule has 0 aliphatic heterocycles. The Morgan fingerprint density at radius 3 is 2.40 bits per heavy atom. The van der Waals surface area contributed by atoms with Crippen LogP contribution in [0.25, 0.3) is 0 Å². The molecule has 0 unspecified atom stereocenters. The third-order valence-corrected chi connectivity index (χ3v) is 2.85. The van der Waals surface area contributed by atoms with E-state index in [1.807, 2.05) is 12.1 Å². The summed E-state index contributed by atoms with van der Waals surface area (Å²) in [5, 5.41) is 0. The molecule has 0 heterocycles. The average molecular weight is 210 g/mol. The van der Waals surface area contributed by atoms with Crippen molar-refractivity contribution in [2.24, 2.45) is 5.92 Å². The van der Waals surface area contributed by atoms with Crippen molar-refractivity contribution in [2.75, 3.05) is 7.11 Å². The van der Waals surface area contributed by atoms with Crippen molar-refractivity contribution in [1.29, 1.82) is 0 Å². The Morgan fingerprint density at radius 2 is 2.00 bits per heavy atom. The molecule has 84 valence electrons. The highest BCUT2D eigenvalue weighted by atomic mass is 19.1. The fourth-order valence-electron chi connectivity index (χ4n) is 1.99. The summed E-state index contributed by atoms with van der Waals surface area (Å²) < 4.78 is 18.7. The number of hydrogen-bond acceptors (Lipinski definition) is 1. The van der Waals surface area contributed by atoms with Crippen LogP contribution in [0.1, 0.15) is 38.7 Å². The Kier molecular flexibility index (Phi) is 4.13. The highest BCUT2D eigenvalue weighted by Gasteiger charge is 2.17. The zero-order valence-corrected chi connectivity index (χ0v) is 9.88. The monoisotopic (exact) mass is 210 g/mol. The number of methoxy groups -OCH3 is 1. The summed E-state index contributed by atoms with van der Waals surface area (Å²) in [6.45, 7) is 6.34. The molecule has 15 heavy (non-hydrogen) atoms. The molecule has 0 spiro atoms. The van der Waals surface area contributed by atoms with Gasteiger partial charge in [-0.25, -0.2) is 4.39 Å². The first-order valence-electron chi connectivity index (χ1n) is 5.43. The largest absolute Gasteiger partial charge is 0.497 e. The fourth-order valence-corrected chi connectivity index (χ4v) is 1.99. The maximum absolute atomic E-state index is 13.8. The molecule has 0 aliphatic carbocycles. The third-order valence-electron chi connectivity index (χ3n) is 2.85. The van der Waals surface area contributed by atoms with Gasteiger partial charge in [-0.05, 0) is 29.9 Å². The van der Waals surface area contributed by atoms with Gasteiger partial charge in [0.25, 0.3) is 0 Å². The van der Waals surface area contributed by atoms with Crippen molar-refractivity contribution in [2.45, 2.75) is 33.1 Å². The topological polar surface area (TPSA) is 9.23 Å². The van der Waals surface area contributed by atoms with Crippen molar-refractivity contribution in [1.82, 2.24) is 0 Å². The molecule has 0 radical (unpaired) electrons. The van der Waals surface area contributed by atoms with E-state index in [2.05, 4.69) is 20.8 Å². The average Bonchev–Trinajstić information content (AvgIpc) is 2.20. The summed E-state index contributed by atoms with van der Waals surface area (Å²) in [6.07, 6.45) is 0.959. The van der Waals surface area contributed by atoms with Gasteiger partial charge in [0.05, 0.1) is 7.11 Å². The first-order chi connectivity index (χ1) is 7.10. The van der Waals surface area contributed by atoms with E-state index in [9.17, 15) is 4.39 Å². The maximum atomic E-state index is 13.8. The maximum Gasteiger partial charge on any atom is 0.130 e. The first kappa shape index (κ1) is 12.0. The van der Waals surface area contributed by atoms with Gasteiger partial charge < -0.3 is 4.74 Å². The minimum absolute atomic E-state index is 0.157. The van der Waals surface area contributed by atoms with Crippen LogP contribution in [0.5, 0.6) is 5.75 Å². The number of rotatable bonds is 4. The number of ether oxygens (including phenoxy) is 1. The van der Waals surface area contributed by atoms with Crippen LogP contribution in [0.15, 0.2) is 18.2 Å². The second-order valence-corrected chi connectivity index (χ2v) is 4.15. The second-order valence-electron chi connectivity index (χ2n) is 4.15. The molecular formula is C13H19FO. The third kappa shape index (κ3) is 2.71. The van der Waals surface area contributed by atoms with E-state index in [4.69, 9.17) is 4.74 Å². The van der Waals surface area contributed by atoms with Gasteiger partial charge in [0.1, 0.15) is 11.6 Å². The van der Waals surface area contributed by atoms with E-state index in [0.29, 0.717) is 11.7 Å². The van der Waals surface area contributed by atoms with Crippen LogP contribution in [0.4, 0.5) is 4.39 Å². The van der Waals surface area contributed by atoms with Crippen molar-refractivity contribution in [3.8, 4) is 5.75 Å². The minimum atomic E-state index is -0.157. The van der Waals surface area contributed by atoms with Gasteiger partial charge in [-0.15, -0.1) is 0 Å². The standard InChI is InChI=1S/C13H19FO/c1-5-11(9(2)3)12-7-6-10(15-4)8-13(12)14/h6-9,11H,5H2,1-4H3/t11-/m1/s1. The predicted molar refractivity (Wildman–Crippen MR) is 60.8 cm³/mol. The lowest BCUT2D eigenvalue weighted by Gasteiger charge is -2.20. The summed E-state index contributed by atoms with van der Waals surface area (Å²) in [4.78, 5) is 0. The number of benzene rings is 1. The Balaban J connectivity index is 3.03. The van der Waals surface area contributed by atoms with E-state index in [0.717, 1.165) is 12.0 Å². The summed E-state index contributed by atoms with van der Waals surface area (Å²) in [5.74, 6) is 1.17. The molecule has 0 saturated heterocycles. The van der Waals surface area contributed by atoms with E-state index in [1.54, 1.807) is 7.11 Å². The smallest absolute Gasteiger partial charge is 0.130 e.